The predicted molar refractivity (Wildman–Crippen MR) is 106 cm³/mol. The van der Waals surface area contributed by atoms with Crippen molar-refractivity contribution in [1.82, 2.24) is 24.6 Å². The molecule has 0 bridgehead atoms. The topological polar surface area (TPSA) is 55.3 Å². The molecule has 0 spiro atoms. The van der Waals surface area contributed by atoms with Crippen LogP contribution in [-0.2, 0) is 6.42 Å². The van der Waals surface area contributed by atoms with Gasteiger partial charge in [0.1, 0.15) is 11.7 Å². The van der Waals surface area contributed by atoms with Crippen molar-refractivity contribution in [2.24, 2.45) is 0 Å². The maximum Gasteiger partial charge on any atom is 0.309 e. The monoisotopic (exact) mass is 369 g/mol. The fourth-order valence-electron chi connectivity index (χ4n) is 3.65. The highest BCUT2D eigenvalue weighted by Crippen LogP contribution is 2.35. The molecular formula is C18H35N5OS. The Labute approximate surface area is 157 Å². The maximum absolute atomic E-state index is 14.0. The van der Waals surface area contributed by atoms with Crippen molar-refractivity contribution in [1.29, 1.82) is 0 Å². The number of quaternary nitrogens is 1. The molecule has 0 aromatic carbocycles. The highest BCUT2D eigenvalue weighted by Gasteiger charge is 2.46. The number of aryl methyl sites for hydroxylation is 1. The van der Waals surface area contributed by atoms with E-state index in [1.54, 1.807) is 0 Å². The summed E-state index contributed by atoms with van der Waals surface area (Å²) in [6, 6.07) is 0. The van der Waals surface area contributed by atoms with Gasteiger partial charge in [-0.3, -0.25) is 9.55 Å². The first-order valence-corrected chi connectivity index (χ1v) is 10.8. The van der Waals surface area contributed by atoms with E-state index in [-0.39, 0.29) is 10.8 Å². The third-order valence-electron chi connectivity index (χ3n) is 4.92. The summed E-state index contributed by atoms with van der Waals surface area (Å²) in [4.78, 5) is 4.73. The van der Waals surface area contributed by atoms with Crippen molar-refractivity contribution in [3.63, 3.8) is 0 Å². The summed E-state index contributed by atoms with van der Waals surface area (Å²) >= 11 is 1.50. The number of rotatable bonds is 11. The molecule has 2 heterocycles. The number of nitrogens with zero attached hydrogens (tertiary/aromatic N) is 5. The highest BCUT2D eigenvalue weighted by atomic mass is 32.1. The summed E-state index contributed by atoms with van der Waals surface area (Å²) in [6.45, 7) is 13.0. The van der Waals surface area contributed by atoms with Crippen LogP contribution in [0.3, 0.4) is 0 Å². The number of hydroxylamine groups is 2. The van der Waals surface area contributed by atoms with E-state index in [0.717, 1.165) is 50.4 Å². The molecule has 1 aromatic rings. The summed E-state index contributed by atoms with van der Waals surface area (Å²) in [5, 5.41) is 24.1. The first-order chi connectivity index (χ1) is 12.1. The van der Waals surface area contributed by atoms with Crippen LogP contribution < -0.4 is 4.65 Å². The molecule has 25 heavy (non-hydrogen) atoms. The Hall–Kier alpha value is -0.600. The minimum absolute atomic E-state index is 0.0563. The van der Waals surface area contributed by atoms with E-state index < -0.39 is 0 Å². The van der Waals surface area contributed by atoms with Gasteiger partial charge >= 0.3 is 5.13 Å². The van der Waals surface area contributed by atoms with Crippen LogP contribution in [0.15, 0.2) is 0 Å². The van der Waals surface area contributed by atoms with Crippen LogP contribution in [0.1, 0.15) is 64.8 Å². The molecule has 0 aliphatic carbocycles. The molecule has 1 aliphatic heterocycles. The first kappa shape index (κ1) is 20.7. The second-order valence-corrected chi connectivity index (χ2v) is 8.11. The molecule has 0 saturated carbocycles. The Morgan fingerprint density at radius 2 is 1.84 bits per heavy atom. The average molecular weight is 370 g/mol. The van der Waals surface area contributed by atoms with Crippen molar-refractivity contribution in [2.75, 3.05) is 32.8 Å². The van der Waals surface area contributed by atoms with Crippen LogP contribution in [0.4, 0.5) is 5.13 Å². The lowest BCUT2D eigenvalue weighted by Crippen LogP contribution is -2.57. The Balaban J connectivity index is 2.23. The molecule has 1 saturated heterocycles. The molecule has 0 amide bonds. The molecule has 1 fully saturated rings. The van der Waals surface area contributed by atoms with Gasteiger partial charge in [-0.1, -0.05) is 45.6 Å². The van der Waals surface area contributed by atoms with Crippen molar-refractivity contribution in [3.8, 4) is 0 Å². The minimum Gasteiger partial charge on any atom is -0.623 e. The SMILES string of the molecule is CCCCCN1CC(N(CCC)CCC)[N+]([O-])(c2nnc(CC)s2)C1. The largest absolute Gasteiger partial charge is 0.623 e. The zero-order valence-electron chi connectivity index (χ0n) is 16.4. The van der Waals surface area contributed by atoms with Gasteiger partial charge in [0, 0.05) is 19.6 Å². The maximum atomic E-state index is 14.0. The smallest absolute Gasteiger partial charge is 0.309 e. The van der Waals surface area contributed by atoms with Gasteiger partial charge in [0.2, 0.25) is 0 Å². The molecule has 1 aliphatic rings. The van der Waals surface area contributed by atoms with Gasteiger partial charge in [-0.2, -0.15) is 0 Å². The van der Waals surface area contributed by atoms with E-state index in [1.807, 2.05) is 0 Å². The molecule has 0 radical (unpaired) electrons. The molecule has 6 nitrogen and oxygen atoms in total. The van der Waals surface area contributed by atoms with Gasteiger partial charge < -0.3 is 5.21 Å². The summed E-state index contributed by atoms with van der Waals surface area (Å²) < 4.78 is -0.343. The second-order valence-electron chi connectivity index (χ2n) is 7.07. The quantitative estimate of drug-likeness (QED) is 0.337. The molecule has 0 N–H and O–H groups in total. The van der Waals surface area contributed by atoms with Crippen LogP contribution in [0.5, 0.6) is 0 Å². The van der Waals surface area contributed by atoms with Crippen LogP contribution in [0.25, 0.3) is 0 Å². The van der Waals surface area contributed by atoms with Crippen molar-refractivity contribution in [2.45, 2.75) is 72.4 Å². The third-order valence-corrected chi connectivity index (χ3v) is 6.10. The third kappa shape index (κ3) is 4.98. The zero-order valence-corrected chi connectivity index (χ0v) is 17.2. The summed E-state index contributed by atoms with van der Waals surface area (Å²) in [5.74, 6) is 0. The Morgan fingerprint density at radius 3 is 2.40 bits per heavy atom. The Morgan fingerprint density at radius 1 is 1.12 bits per heavy atom. The number of hydrogen-bond donors (Lipinski definition) is 0. The number of hydrogen-bond acceptors (Lipinski definition) is 6. The lowest BCUT2D eigenvalue weighted by molar-refractivity contribution is 0.117. The molecule has 7 heteroatoms. The van der Waals surface area contributed by atoms with E-state index in [9.17, 15) is 5.21 Å². The fourth-order valence-corrected chi connectivity index (χ4v) is 4.50. The first-order valence-electron chi connectivity index (χ1n) is 9.97. The van der Waals surface area contributed by atoms with E-state index in [1.165, 1.54) is 30.6 Å². The van der Waals surface area contributed by atoms with Crippen molar-refractivity contribution in [3.05, 3.63) is 10.2 Å². The van der Waals surface area contributed by atoms with Gasteiger partial charge in [-0.15, -0.1) is 5.10 Å². The van der Waals surface area contributed by atoms with E-state index >= 15 is 0 Å². The van der Waals surface area contributed by atoms with Gasteiger partial charge in [0.15, 0.2) is 6.17 Å². The van der Waals surface area contributed by atoms with Crippen molar-refractivity contribution >= 4 is 16.5 Å². The molecule has 2 unspecified atom stereocenters. The Kier molecular flexibility index (Phi) is 8.22. The van der Waals surface area contributed by atoms with Gasteiger partial charge in [-0.05, 0) is 37.0 Å². The van der Waals surface area contributed by atoms with Gasteiger partial charge in [0.05, 0.1) is 6.54 Å². The molecule has 2 rings (SSSR count). The van der Waals surface area contributed by atoms with Crippen molar-refractivity contribution < 1.29 is 0 Å². The van der Waals surface area contributed by atoms with Gasteiger partial charge in [-0.25, -0.2) is 4.90 Å². The Bertz CT molecular complexity index is 505. The minimum atomic E-state index is -0.343. The fraction of sp³-hybridized carbons (Fsp3) is 0.889. The summed E-state index contributed by atoms with van der Waals surface area (Å²) in [5.41, 5.74) is 0. The second kappa shape index (κ2) is 9.92. The van der Waals surface area contributed by atoms with Crippen LogP contribution in [-0.4, -0.2) is 59.0 Å². The summed E-state index contributed by atoms with van der Waals surface area (Å²) in [7, 11) is 0. The van der Waals surface area contributed by atoms with Crippen LogP contribution in [0, 0.1) is 5.21 Å². The lowest BCUT2D eigenvalue weighted by Gasteiger charge is -2.44. The molecule has 1 aromatic heterocycles. The van der Waals surface area contributed by atoms with Gasteiger partial charge in [0.25, 0.3) is 0 Å². The van der Waals surface area contributed by atoms with Crippen LogP contribution in [0.2, 0.25) is 0 Å². The van der Waals surface area contributed by atoms with E-state index in [0.29, 0.717) is 11.8 Å². The number of unbranched alkanes of at least 4 members (excludes halogenated alkanes) is 2. The average Bonchev–Trinajstić information content (AvgIpc) is 3.20. The molecule has 2 atom stereocenters. The number of aromatic nitrogens is 2. The van der Waals surface area contributed by atoms with E-state index in [2.05, 4.69) is 47.7 Å². The molecular weight excluding hydrogens is 334 g/mol. The van der Waals surface area contributed by atoms with Crippen LogP contribution >= 0.6 is 11.3 Å². The standard InChI is InChI=1S/C18H35N5OS/c1-5-9-10-13-21-14-17(22(11-6-2)12-7-3)23(24,15-21)18-20-19-16(8-4)25-18/h17H,5-15H2,1-4H3. The zero-order chi connectivity index (χ0) is 18.3. The highest BCUT2D eigenvalue weighted by molar-refractivity contribution is 7.15. The molecule has 144 valence electrons. The lowest BCUT2D eigenvalue weighted by atomic mass is 10.2. The summed E-state index contributed by atoms with van der Waals surface area (Å²) in [6.07, 6.45) is 6.54. The van der Waals surface area contributed by atoms with E-state index in [4.69, 9.17) is 0 Å². The normalized spacial score (nSPS) is 24.5. The predicted octanol–water partition coefficient (Wildman–Crippen LogP) is 3.82.